The maximum atomic E-state index is 5.04. The first kappa shape index (κ1) is 16.3. The van der Waals surface area contributed by atoms with Gasteiger partial charge in [-0.2, -0.15) is 0 Å². The number of hydrogen-bond acceptors (Lipinski definition) is 3. The van der Waals surface area contributed by atoms with E-state index in [0.29, 0.717) is 5.41 Å². The standard InChI is InChI=1S/C18H30N2O/c1-18(2)9-4-12-20(13-10-18)17-7-5-16(6-8-17)15-19-11-14-21-3/h5-8,19H,4,9-15H2,1-3H3. The molecule has 0 amide bonds. The van der Waals surface area contributed by atoms with Crippen molar-refractivity contribution in [1.29, 1.82) is 0 Å². The van der Waals surface area contributed by atoms with Crippen LogP contribution in [0.3, 0.4) is 0 Å². The van der Waals surface area contributed by atoms with Gasteiger partial charge < -0.3 is 15.0 Å². The summed E-state index contributed by atoms with van der Waals surface area (Å²) in [6.45, 7) is 9.74. The minimum absolute atomic E-state index is 0.500. The number of benzene rings is 1. The van der Waals surface area contributed by atoms with Crippen LogP contribution in [0.4, 0.5) is 5.69 Å². The molecule has 1 fully saturated rings. The number of nitrogens with one attached hydrogen (secondary N) is 1. The molecule has 0 aromatic heterocycles. The molecule has 0 spiro atoms. The van der Waals surface area contributed by atoms with Gasteiger partial charge in [0.25, 0.3) is 0 Å². The molecule has 3 nitrogen and oxygen atoms in total. The maximum absolute atomic E-state index is 5.04. The van der Waals surface area contributed by atoms with Crippen molar-refractivity contribution in [1.82, 2.24) is 5.32 Å². The van der Waals surface area contributed by atoms with Crippen molar-refractivity contribution >= 4 is 5.69 Å². The lowest BCUT2D eigenvalue weighted by Crippen LogP contribution is -2.25. The Morgan fingerprint density at radius 3 is 2.62 bits per heavy atom. The van der Waals surface area contributed by atoms with E-state index in [0.717, 1.165) is 19.7 Å². The molecule has 1 heterocycles. The Balaban J connectivity index is 1.86. The molecule has 1 aliphatic heterocycles. The van der Waals surface area contributed by atoms with Crippen LogP contribution in [0, 0.1) is 5.41 Å². The molecule has 1 aliphatic rings. The SMILES string of the molecule is COCCNCc1ccc(N2CCCC(C)(C)CC2)cc1. The van der Waals surface area contributed by atoms with E-state index in [9.17, 15) is 0 Å². The van der Waals surface area contributed by atoms with Crippen molar-refractivity contribution in [2.75, 3.05) is 38.3 Å². The minimum Gasteiger partial charge on any atom is -0.383 e. The Morgan fingerprint density at radius 1 is 1.14 bits per heavy atom. The molecule has 0 unspecified atom stereocenters. The zero-order valence-electron chi connectivity index (χ0n) is 13.8. The van der Waals surface area contributed by atoms with E-state index >= 15 is 0 Å². The number of nitrogens with zero attached hydrogens (tertiary/aromatic N) is 1. The summed E-state index contributed by atoms with van der Waals surface area (Å²) in [4.78, 5) is 2.54. The van der Waals surface area contributed by atoms with E-state index in [1.807, 2.05) is 0 Å². The number of anilines is 1. The van der Waals surface area contributed by atoms with Crippen LogP contribution in [0.15, 0.2) is 24.3 Å². The lowest BCUT2D eigenvalue weighted by molar-refractivity contribution is 0.199. The Hall–Kier alpha value is -1.06. The molecule has 1 aromatic rings. The van der Waals surface area contributed by atoms with Crippen molar-refractivity contribution in [3.8, 4) is 0 Å². The fourth-order valence-corrected chi connectivity index (χ4v) is 2.91. The first-order valence-electron chi connectivity index (χ1n) is 8.14. The fourth-order valence-electron chi connectivity index (χ4n) is 2.91. The van der Waals surface area contributed by atoms with E-state index in [1.54, 1.807) is 7.11 Å². The van der Waals surface area contributed by atoms with Gasteiger partial charge in [-0.1, -0.05) is 26.0 Å². The second-order valence-corrected chi connectivity index (χ2v) is 6.84. The maximum Gasteiger partial charge on any atom is 0.0587 e. The average Bonchev–Trinajstić information content (AvgIpc) is 2.65. The van der Waals surface area contributed by atoms with Gasteiger partial charge in [-0.15, -0.1) is 0 Å². The van der Waals surface area contributed by atoms with Gasteiger partial charge in [-0.25, -0.2) is 0 Å². The monoisotopic (exact) mass is 290 g/mol. The van der Waals surface area contributed by atoms with Crippen LogP contribution in [-0.4, -0.2) is 33.4 Å². The van der Waals surface area contributed by atoms with Crippen molar-refractivity contribution < 1.29 is 4.74 Å². The highest BCUT2D eigenvalue weighted by molar-refractivity contribution is 5.47. The molecule has 0 bridgehead atoms. The predicted molar refractivity (Wildman–Crippen MR) is 89.9 cm³/mol. The molecule has 0 atom stereocenters. The highest BCUT2D eigenvalue weighted by Gasteiger charge is 2.22. The largest absolute Gasteiger partial charge is 0.383 e. The Morgan fingerprint density at radius 2 is 1.90 bits per heavy atom. The topological polar surface area (TPSA) is 24.5 Å². The average molecular weight is 290 g/mol. The summed E-state index contributed by atoms with van der Waals surface area (Å²) >= 11 is 0. The molecule has 0 radical (unpaired) electrons. The molecule has 1 aromatic carbocycles. The third-order valence-corrected chi connectivity index (χ3v) is 4.45. The molecule has 1 saturated heterocycles. The van der Waals surface area contributed by atoms with Gasteiger partial charge in [0.15, 0.2) is 0 Å². The molecular weight excluding hydrogens is 260 g/mol. The summed E-state index contributed by atoms with van der Waals surface area (Å²) in [7, 11) is 1.74. The Kier molecular flexibility index (Phi) is 6.07. The van der Waals surface area contributed by atoms with Gasteiger partial charge in [0, 0.05) is 39.0 Å². The lowest BCUT2D eigenvalue weighted by Gasteiger charge is -2.25. The second-order valence-electron chi connectivity index (χ2n) is 6.84. The van der Waals surface area contributed by atoms with Crippen LogP contribution < -0.4 is 10.2 Å². The fraction of sp³-hybridized carbons (Fsp3) is 0.667. The summed E-state index contributed by atoms with van der Waals surface area (Å²) < 4.78 is 5.04. The quantitative estimate of drug-likeness (QED) is 0.812. The number of rotatable bonds is 6. The van der Waals surface area contributed by atoms with E-state index in [1.165, 1.54) is 43.6 Å². The molecule has 1 N–H and O–H groups in total. The van der Waals surface area contributed by atoms with Crippen molar-refractivity contribution in [2.24, 2.45) is 5.41 Å². The third kappa shape index (κ3) is 5.33. The van der Waals surface area contributed by atoms with Crippen LogP contribution in [0.1, 0.15) is 38.7 Å². The number of hydrogen-bond donors (Lipinski definition) is 1. The minimum atomic E-state index is 0.500. The first-order chi connectivity index (χ1) is 10.1. The van der Waals surface area contributed by atoms with Gasteiger partial charge in [-0.3, -0.25) is 0 Å². The van der Waals surface area contributed by atoms with E-state index in [4.69, 9.17) is 4.74 Å². The molecule has 3 heteroatoms. The van der Waals surface area contributed by atoms with Gasteiger partial charge in [0.2, 0.25) is 0 Å². The lowest BCUT2D eigenvalue weighted by atomic mass is 9.85. The molecular formula is C18H30N2O. The van der Waals surface area contributed by atoms with Crippen molar-refractivity contribution in [2.45, 2.75) is 39.7 Å². The summed E-state index contributed by atoms with van der Waals surface area (Å²) in [5, 5.41) is 3.38. The van der Waals surface area contributed by atoms with Gasteiger partial charge in [0.1, 0.15) is 0 Å². The second kappa shape index (κ2) is 7.81. The van der Waals surface area contributed by atoms with Crippen molar-refractivity contribution in [3.63, 3.8) is 0 Å². The predicted octanol–water partition coefficient (Wildman–Crippen LogP) is 3.44. The summed E-state index contributed by atoms with van der Waals surface area (Å²) in [6.07, 6.45) is 3.92. The van der Waals surface area contributed by atoms with Crippen LogP contribution in [-0.2, 0) is 11.3 Å². The van der Waals surface area contributed by atoms with Gasteiger partial charge >= 0.3 is 0 Å². The molecule has 21 heavy (non-hydrogen) atoms. The Labute approximate surface area is 129 Å². The van der Waals surface area contributed by atoms with Gasteiger partial charge in [0.05, 0.1) is 6.61 Å². The smallest absolute Gasteiger partial charge is 0.0587 e. The molecule has 0 saturated carbocycles. The molecule has 0 aliphatic carbocycles. The normalized spacial score (nSPS) is 18.5. The first-order valence-corrected chi connectivity index (χ1v) is 8.14. The Bertz CT molecular complexity index is 414. The highest BCUT2D eigenvalue weighted by atomic mass is 16.5. The zero-order valence-corrected chi connectivity index (χ0v) is 13.8. The van der Waals surface area contributed by atoms with E-state index in [2.05, 4.69) is 48.3 Å². The molecule has 2 rings (SSSR count). The molecule has 118 valence electrons. The summed E-state index contributed by atoms with van der Waals surface area (Å²) in [5.74, 6) is 0. The summed E-state index contributed by atoms with van der Waals surface area (Å²) in [6, 6.07) is 9.02. The zero-order chi connectivity index (χ0) is 15.1. The third-order valence-electron chi connectivity index (χ3n) is 4.45. The van der Waals surface area contributed by atoms with Crippen LogP contribution in [0.2, 0.25) is 0 Å². The van der Waals surface area contributed by atoms with E-state index in [-0.39, 0.29) is 0 Å². The van der Waals surface area contributed by atoms with Crippen LogP contribution >= 0.6 is 0 Å². The van der Waals surface area contributed by atoms with Crippen LogP contribution in [0.5, 0.6) is 0 Å². The van der Waals surface area contributed by atoms with Crippen molar-refractivity contribution in [3.05, 3.63) is 29.8 Å². The van der Waals surface area contributed by atoms with E-state index < -0.39 is 0 Å². The van der Waals surface area contributed by atoms with Crippen LogP contribution in [0.25, 0.3) is 0 Å². The van der Waals surface area contributed by atoms with Gasteiger partial charge in [-0.05, 0) is 42.4 Å². The number of methoxy groups -OCH3 is 1. The highest BCUT2D eigenvalue weighted by Crippen LogP contribution is 2.31. The summed E-state index contributed by atoms with van der Waals surface area (Å²) in [5.41, 5.74) is 3.21. The number of ether oxygens (including phenoxy) is 1.